The second-order valence-electron chi connectivity index (χ2n) is 8.92. The fourth-order valence-corrected chi connectivity index (χ4v) is 4.56. The van der Waals surface area contributed by atoms with Crippen molar-refractivity contribution in [1.29, 1.82) is 0 Å². The summed E-state index contributed by atoms with van der Waals surface area (Å²) in [5.41, 5.74) is 1.97. The lowest BCUT2D eigenvalue weighted by atomic mass is 10.2. The first-order valence-corrected chi connectivity index (χ1v) is 11.9. The first-order valence-electron chi connectivity index (χ1n) is 11.9. The van der Waals surface area contributed by atoms with Gasteiger partial charge in [0.1, 0.15) is 0 Å². The number of amides is 1. The predicted molar refractivity (Wildman–Crippen MR) is 140 cm³/mol. The van der Waals surface area contributed by atoms with Gasteiger partial charge in [0.25, 0.3) is 5.56 Å². The van der Waals surface area contributed by atoms with E-state index in [2.05, 4.69) is 4.90 Å². The third-order valence-corrected chi connectivity index (χ3v) is 6.60. The minimum absolute atomic E-state index is 0.0347. The zero-order valence-corrected chi connectivity index (χ0v) is 20.4. The van der Waals surface area contributed by atoms with Gasteiger partial charge >= 0.3 is 5.69 Å². The number of benzene rings is 2. The summed E-state index contributed by atoms with van der Waals surface area (Å²) in [7, 11) is 3.11. The standard InChI is InChI=1S/C27H28N6O3/c1-29-24-23(25(35)30(2)27(29)36)33(19-21-11-7-4-8-12-21)26(28-24)32-17-15-31(16-18-32)22(34)14-13-20-9-5-3-6-10-20/h3-14H,15-19H2,1-2H3. The number of rotatable bonds is 5. The van der Waals surface area contributed by atoms with Crippen LogP contribution in [0.4, 0.5) is 5.95 Å². The average molecular weight is 485 g/mol. The highest BCUT2D eigenvalue weighted by Gasteiger charge is 2.26. The molecule has 0 radical (unpaired) electrons. The minimum Gasteiger partial charge on any atom is -0.339 e. The number of aromatic nitrogens is 4. The molecule has 1 aliphatic rings. The first-order chi connectivity index (χ1) is 17.4. The molecule has 0 aliphatic carbocycles. The highest BCUT2D eigenvalue weighted by molar-refractivity contribution is 5.92. The summed E-state index contributed by atoms with van der Waals surface area (Å²) >= 11 is 0. The van der Waals surface area contributed by atoms with E-state index in [1.54, 1.807) is 13.1 Å². The molecule has 4 aromatic rings. The van der Waals surface area contributed by atoms with E-state index in [0.29, 0.717) is 49.8 Å². The van der Waals surface area contributed by atoms with Crippen molar-refractivity contribution in [2.45, 2.75) is 6.54 Å². The molecule has 1 saturated heterocycles. The molecule has 9 heteroatoms. The van der Waals surface area contributed by atoms with Crippen LogP contribution in [0.3, 0.4) is 0 Å². The van der Waals surface area contributed by atoms with Crippen molar-refractivity contribution in [3.63, 3.8) is 0 Å². The molecule has 184 valence electrons. The van der Waals surface area contributed by atoms with E-state index >= 15 is 0 Å². The SMILES string of the molecule is Cn1c(=O)c2c(nc(N3CCN(C(=O)C=Cc4ccccc4)CC3)n2Cc2ccccc2)n(C)c1=O. The summed E-state index contributed by atoms with van der Waals surface area (Å²) in [5, 5.41) is 0. The molecule has 0 bridgehead atoms. The molecule has 0 spiro atoms. The molecule has 1 aliphatic heterocycles. The maximum absolute atomic E-state index is 13.1. The molecule has 0 unspecified atom stereocenters. The Morgan fingerprint density at radius 3 is 2.19 bits per heavy atom. The molecule has 1 amide bonds. The second-order valence-corrected chi connectivity index (χ2v) is 8.92. The molecule has 3 heterocycles. The van der Waals surface area contributed by atoms with Gasteiger partial charge in [0.05, 0.1) is 6.54 Å². The van der Waals surface area contributed by atoms with Gasteiger partial charge in [0, 0.05) is 46.4 Å². The molecular formula is C27H28N6O3. The number of hydrogen-bond donors (Lipinski definition) is 0. The average Bonchev–Trinajstić information content (AvgIpc) is 3.29. The smallest absolute Gasteiger partial charge is 0.332 e. The Kier molecular flexibility index (Phi) is 6.28. The van der Waals surface area contributed by atoms with Crippen molar-refractivity contribution in [2.24, 2.45) is 14.1 Å². The summed E-state index contributed by atoms with van der Waals surface area (Å²) in [5.74, 6) is 0.589. The first kappa shape index (κ1) is 23.3. The Morgan fingerprint density at radius 2 is 1.53 bits per heavy atom. The van der Waals surface area contributed by atoms with Crippen LogP contribution in [-0.2, 0) is 25.4 Å². The maximum Gasteiger partial charge on any atom is 0.332 e. The van der Waals surface area contributed by atoms with Gasteiger partial charge < -0.3 is 9.80 Å². The molecule has 2 aromatic carbocycles. The lowest BCUT2D eigenvalue weighted by Crippen LogP contribution is -2.49. The molecular weight excluding hydrogens is 456 g/mol. The van der Waals surface area contributed by atoms with Crippen LogP contribution in [0.2, 0.25) is 0 Å². The Bertz CT molecular complexity index is 1540. The zero-order chi connectivity index (χ0) is 25.2. The lowest BCUT2D eigenvalue weighted by molar-refractivity contribution is -0.126. The number of carbonyl (C=O) groups excluding carboxylic acids is 1. The molecule has 0 saturated carbocycles. The fraction of sp³-hybridized carbons (Fsp3) is 0.259. The Morgan fingerprint density at radius 1 is 0.889 bits per heavy atom. The number of hydrogen-bond acceptors (Lipinski definition) is 5. The van der Waals surface area contributed by atoms with E-state index < -0.39 is 5.69 Å². The van der Waals surface area contributed by atoms with Gasteiger partial charge in [-0.05, 0) is 17.2 Å². The van der Waals surface area contributed by atoms with Gasteiger partial charge in [0.2, 0.25) is 11.9 Å². The monoisotopic (exact) mass is 484 g/mol. The van der Waals surface area contributed by atoms with E-state index in [1.807, 2.05) is 76.2 Å². The van der Waals surface area contributed by atoms with Gasteiger partial charge in [-0.2, -0.15) is 4.98 Å². The third-order valence-electron chi connectivity index (χ3n) is 6.60. The van der Waals surface area contributed by atoms with E-state index in [9.17, 15) is 14.4 Å². The summed E-state index contributed by atoms with van der Waals surface area (Å²) in [6.45, 7) is 2.64. The number of imidazole rings is 1. The van der Waals surface area contributed by atoms with Gasteiger partial charge in [-0.25, -0.2) is 4.79 Å². The van der Waals surface area contributed by atoms with Gasteiger partial charge in [0.15, 0.2) is 11.2 Å². The summed E-state index contributed by atoms with van der Waals surface area (Å²) in [6, 6.07) is 19.6. The van der Waals surface area contributed by atoms with Crippen molar-refractivity contribution in [3.8, 4) is 0 Å². The largest absolute Gasteiger partial charge is 0.339 e. The van der Waals surface area contributed by atoms with Crippen LogP contribution in [-0.4, -0.2) is 55.7 Å². The number of aryl methyl sites for hydroxylation is 1. The van der Waals surface area contributed by atoms with Crippen LogP contribution >= 0.6 is 0 Å². The topological polar surface area (TPSA) is 85.4 Å². The van der Waals surface area contributed by atoms with Gasteiger partial charge in [-0.3, -0.25) is 23.3 Å². The van der Waals surface area contributed by atoms with Gasteiger partial charge in [-0.15, -0.1) is 0 Å². The lowest BCUT2D eigenvalue weighted by Gasteiger charge is -2.35. The highest BCUT2D eigenvalue weighted by Crippen LogP contribution is 2.23. The number of fused-ring (bicyclic) bond motifs is 1. The Hall–Kier alpha value is -4.40. The molecule has 36 heavy (non-hydrogen) atoms. The van der Waals surface area contributed by atoms with E-state index in [4.69, 9.17) is 4.98 Å². The second kappa shape index (κ2) is 9.69. The Labute approximate surface area is 208 Å². The van der Waals surface area contributed by atoms with Crippen molar-refractivity contribution >= 4 is 29.1 Å². The quantitative estimate of drug-likeness (QED) is 0.404. The van der Waals surface area contributed by atoms with Gasteiger partial charge in [-0.1, -0.05) is 60.7 Å². The van der Waals surface area contributed by atoms with Crippen LogP contribution in [0, 0.1) is 0 Å². The van der Waals surface area contributed by atoms with E-state index in [0.717, 1.165) is 15.7 Å². The molecule has 0 N–H and O–H groups in total. The van der Waals surface area contributed by atoms with Crippen molar-refractivity contribution in [3.05, 3.63) is 98.7 Å². The van der Waals surface area contributed by atoms with Crippen LogP contribution in [0.1, 0.15) is 11.1 Å². The van der Waals surface area contributed by atoms with Crippen LogP contribution < -0.4 is 16.1 Å². The number of nitrogens with zero attached hydrogens (tertiary/aromatic N) is 6. The van der Waals surface area contributed by atoms with Crippen molar-refractivity contribution < 1.29 is 4.79 Å². The summed E-state index contributed by atoms with van der Waals surface area (Å²) in [4.78, 5) is 47.1. The molecule has 2 aromatic heterocycles. The predicted octanol–water partition coefficient (Wildman–Crippen LogP) is 1.84. The Balaban J connectivity index is 1.44. The number of carbonyl (C=O) groups is 1. The summed E-state index contributed by atoms with van der Waals surface area (Å²) < 4.78 is 4.42. The minimum atomic E-state index is -0.413. The van der Waals surface area contributed by atoms with E-state index in [-0.39, 0.29) is 11.5 Å². The molecule has 1 fully saturated rings. The molecule has 5 rings (SSSR count). The van der Waals surface area contributed by atoms with Crippen LogP contribution in [0.25, 0.3) is 17.2 Å². The van der Waals surface area contributed by atoms with Crippen molar-refractivity contribution in [2.75, 3.05) is 31.1 Å². The molecule has 9 nitrogen and oxygen atoms in total. The van der Waals surface area contributed by atoms with Crippen molar-refractivity contribution in [1.82, 2.24) is 23.6 Å². The van der Waals surface area contributed by atoms with Crippen LogP contribution in [0.15, 0.2) is 76.3 Å². The summed E-state index contributed by atoms with van der Waals surface area (Å²) in [6.07, 6.45) is 3.43. The molecule has 0 atom stereocenters. The normalized spacial score (nSPS) is 14.2. The number of anilines is 1. The highest BCUT2D eigenvalue weighted by atomic mass is 16.2. The van der Waals surface area contributed by atoms with E-state index in [1.165, 1.54) is 11.6 Å². The maximum atomic E-state index is 13.1. The number of piperazine rings is 1. The third kappa shape index (κ3) is 4.35. The van der Waals surface area contributed by atoms with Crippen LogP contribution in [0.5, 0.6) is 0 Å². The fourth-order valence-electron chi connectivity index (χ4n) is 4.56. The zero-order valence-electron chi connectivity index (χ0n) is 20.4.